The van der Waals surface area contributed by atoms with Crippen molar-refractivity contribution in [2.45, 2.75) is 6.92 Å². The third-order valence-electron chi connectivity index (χ3n) is 1.37. The molecule has 1 aromatic heterocycles. The number of ether oxygens (including phenoxy) is 2. The zero-order chi connectivity index (χ0) is 11.8. The summed E-state index contributed by atoms with van der Waals surface area (Å²) < 4.78 is 13.4. The van der Waals surface area contributed by atoms with Crippen molar-refractivity contribution in [3.8, 4) is 0 Å². The number of carbonyl (C=O) groups excluding carboxylic acids is 1. The molecule has 0 saturated heterocycles. The Balaban J connectivity index is 0.000000181. The first-order chi connectivity index (χ1) is 7.74. The molecule has 0 amide bonds. The molecule has 1 aromatic rings. The van der Waals surface area contributed by atoms with Crippen LogP contribution in [0.2, 0.25) is 0 Å². The highest BCUT2D eigenvalue weighted by Crippen LogP contribution is 2.04. The summed E-state index contributed by atoms with van der Waals surface area (Å²) in [6.45, 7) is 2.34. The van der Waals surface area contributed by atoms with Crippen molar-refractivity contribution in [1.29, 1.82) is 0 Å². The number of hydrogen-bond acceptors (Lipinski definition) is 6. The van der Waals surface area contributed by atoms with E-state index >= 15 is 0 Å². The van der Waals surface area contributed by atoms with E-state index in [4.69, 9.17) is 4.74 Å². The molecular formula is C9H10N2O5. The van der Waals surface area contributed by atoms with E-state index in [-0.39, 0.29) is 5.70 Å². The molecule has 7 nitrogen and oxygen atoms in total. The average molecular weight is 226 g/mol. The first kappa shape index (κ1) is 11.8. The fraction of sp³-hybridized carbons (Fsp3) is 0.222. The maximum atomic E-state index is 10.6. The number of oxazole rings is 1. The predicted octanol–water partition coefficient (Wildman–Crippen LogP) is 0.417. The average Bonchev–Trinajstić information content (AvgIpc) is 2.88. The number of nitrogens with one attached hydrogen (secondary N) is 1. The monoisotopic (exact) mass is 226 g/mol. The lowest BCUT2D eigenvalue weighted by atomic mass is 10.5. The summed E-state index contributed by atoms with van der Waals surface area (Å²) in [6, 6.07) is 0. The second-order valence-corrected chi connectivity index (χ2v) is 2.45. The fourth-order valence-electron chi connectivity index (χ4n) is 0.717. The van der Waals surface area contributed by atoms with Crippen LogP contribution in [0.1, 0.15) is 6.92 Å². The van der Waals surface area contributed by atoms with E-state index in [1.807, 2.05) is 6.92 Å². The van der Waals surface area contributed by atoms with Gasteiger partial charge in [0.15, 0.2) is 12.1 Å². The van der Waals surface area contributed by atoms with Crippen LogP contribution in [0.25, 0.3) is 0 Å². The molecule has 2 rings (SSSR count). The molecule has 1 aliphatic heterocycles. The van der Waals surface area contributed by atoms with Crippen molar-refractivity contribution in [2.75, 3.05) is 6.61 Å². The van der Waals surface area contributed by atoms with Crippen LogP contribution in [0.5, 0.6) is 0 Å². The van der Waals surface area contributed by atoms with Crippen LogP contribution in [0.4, 0.5) is 0 Å². The molecule has 0 fully saturated rings. The molecule has 0 radical (unpaired) electrons. The van der Waals surface area contributed by atoms with Gasteiger partial charge in [0.1, 0.15) is 12.5 Å². The molecule has 0 bridgehead atoms. The van der Waals surface area contributed by atoms with Crippen molar-refractivity contribution in [1.82, 2.24) is 4.98 Å². The Hall–Kier alpha value is -2.31. The number of nitrogens with zero attached hydrogens (tertiary/aromatic N) is 1. The smallest absolute Gasteiger partial charge is 0.416 e. The van der Waals surface area contributed by atoms with Crippen molar-refractivity contribution >= 4 is 12.4 Å². The Kier molecular flexibility index (Phi) is 4.58. The minimum atomic E-state index is -0.464. The fourth-order valence-corrected chi connectivity index (χ4v) is 0.717. The lowest BCUT2D eigenvalue weighted by Crippen LogP contribution is -1.96. The zero-order valence-corrected chi connectivity index (χ0v) is 8.50. The summed E-state index contributed by atoms with van der Waals surface area (Å²) in [4.78, 5) is 26.3. The van der Waals surface area contributed by atoms with Crippen molar-refractivity contribution in [3.63, 3.8) is 0 Å². The topological polar surface area (TPSA) is 93.9 Å². The highest BCUT2D eigenvalue weighted by Gasteiger charge is 2.14. The summed E-state index contributed by atoms with van der Waals surface area (Å²) >= 11 is 0. The number of cyclic esters (lactones) is 1. The molecule has 16 heavy (non-hydrogen) atoms. The van der Waals surface area contributed by atoms with Crippen molar-refractivity contribution in [2.24, 2.45) is 4.99 Å². The molecule has 0 saturated carbocycles. The Morgan fingerprint density at radius 3 is 2.75 bits per heavy atom. The van der Waals surface area contributed by atoms with Gasteiger partial charge in [-0.2, -0.15) is 0 Å². The molecule has 86 valence electrons. The van der Waals surface area contributed by atoms with E-state index < -0.39 is 11.7 Å². The molecule has 1 N–H and O–H groups in total. The van der Waals surface area contributed by atoms with Gasteiger partial charge in [0.05, 0.1) is 6.61 Å². The first-order valence-corrected chi connectivity index (χ1v) is 4.41. The van der Waals surface area contributed by atoms with Crippen LogP contribution in [-0.4, -0.2) is 24.0 Å². The summed E-state index contributed by atoms with van der Waals surface area (Å²) in [7, 11) is 0. The maximum Gasteiger partial charge on any atom is 0.416 e. The zero-order valence-electron chi connectivity index (χ0n) is 8.50. The Bertz CT molecular complexity index is 426. The van der Waals surface area contributed by atoms with E-state index in [0.717, 1.165) is 6.40 Å². The lowest BCUT2D eigenvalue weighted by Gasteiger charge is -1.91. The quantitative estimate of drug-likeness (QED) is 0.448. The number of carbonyl (C=O) groups is 1. The SMILES string of the molecule is CCOC=C1N=COC1=O.O=c1[nH]cco1. The number of aromatic amines is 1. The molecule has 2 heterocycles. The Morgan fingerprint density at radius 1 is 1.56 bits per heavy atom. The second kappa shape index (κ2) is 6.23. The number of hydrogen-bond donors (Lipinski definition) is 1. The highest BCUT2D eigenvalue weighted by atomic mass is 16.5. The largest absolute Gasteiger partial charge is 0.499 e. The van der Waals surface area contributed by atoms with Gasteiger partial charge >= 0.3 is 11.7 Å². The number of rotatable bonds is 2. The number of H-pyrrole nitrogens is 1. The van der Waals surface area contributed by atoms with Crippen LogP contribution in [0.15, 0.2) is 38.6 Å². The molecular weight excluding hydrogens is 216 g/mol. The van der Waals surface area contributed by atoms with E-state index in [1.165, 1.54) is 18.7 Å². The van der Waals surface area contributed by atoms with Crippen LogP contribution >= 0.6 is 0 Å². The number of esters is 1. The van der Waals surface area contributed by atoms with E-state index in [9.17, 15) is 9.59 Å². The normalized spacial score (nSPS) is 15.6. The summed E-state index contributed by atoms with van der Waals surface area (Å²) in [5.41, 5.74) is 0.210. The standard InChI is InChI=1S/C6H7NO3.C3H3NO2/c1-2-9-3-5-6(8)10-4-7-5;5-3-4-1-2-6-3/h3-4H,2H2,1H3;1-2H,(H,4,5). The Morgan fingerprint density at radius 2 is 2.38 bits per heavy atom. The molecule has 0 aliphatic carbocycles. The molecule has 7 heteroatoms. The van der Waals surface area contributed by atoms with Crippen LogP contribution in [0, 0.1) is 0 Å². The molecule has 0 aromatic carbocycles. The van der Waals surface area contributed by atoms with Gasteiger partial charge in [-0.25, -0.2) is 14.6 Å². The van der Waals surface area contributed by atoms with Crippen LogP contribution in [-0.2, 0) is 14.3 Å². The molecule has 0 unspecified atom stereocenters. The molecule has 1 aliphatic rings. The summed E-state index contributed by atoms with van der Waals surface area (Å²) in [6.07, 6.45) is 5.10. The lowest BCUT2D eigenvalue weighted by molar-refractivity contribution is -0.129. The van der Waals surface area contributed by atoms with Gasteiger partial charge in [0.2, 0.25) is 0 Å². The van der Waals surface area contributed by atoms with Crippen molar-refractivity contribution < 1.29 is 18.7 Å². The highest BCUT2D eigenvalue weighted by molar-refractivity contribution is 5.97. The maximum absolute atomic E-state index is 10.6. The van der Waals surface area contributed by atoms with Gasteiger partial charge in [-0.05, 0) is 6.92 Å². The van der Waals surface area contributed by atoms with Gasteiger partial charge in [0.25, 0.3) is 0 Å². The van der Waals surface area contributed by atoms with Gasteiger partial charge in [0, 0.05) is 6.20 Å². The van der Waals surface area contributed by atoms with Gasteiger partial charge in [-0.1, -0.05) is 0 Å². The van der Waals surface area contributed by atoms with Crippen LogP contribution in [0.3, 0.4) is 0 Å². The third-order valence-corrected chi connectivity index (χ3v) is 1.37. The third kappa shape index (κ3) is 3.82. The molecule has 0 atom stereocenters. The van der Waals surface area contributed by atoms with Crippen molar-refractivity contribution in [3.05, 3.63) is 35.0 Å². The van der Waals surface area contributed by atoms with Crippen LogP contribution < -0.4 is 5.76 Å². The minimum absolute atomic E-state index is 0.210. The first-order valence-electron chi connectivity index (χ1n) is 4.41. The minimum Gasteiger partial charge on any atom is -0.499 e. The van der Waals surface area contributed by atoms with E-state index in [0.29, 0.717) is 6.61 Å². The van der Waals surface area contributed by atoms with Gasteiger partial charge in [-0.3, -0.25) is 4.98 Å². The summed E-state index contributed by atoms with van der Waals surface area (Å²) in [5.74, 6) is -0.872. The van der Waals surface area contributed by atoms with E-state index in [2.05, 4.69) is 19.1 Å². The number of aromatic nitrogens is 1. The van der Waals surface area contributed by atoms with Gasteiger partial charge < -0.3 is 13.9 Å². The second-order valence-electron chi connectivity index (χ2n) is 2.45. The van der Waals surface area contributed by atoms with Gasteiger partial charge in [-0.15, -0.1) is 0 Å². The van der Waals surface area contributed by atoms with E-state index in [1.54, 1.807) is 0 Å². The predicted molar refractivity (Wildman–Crippen MR) is 53.6 cm³/mol. The summed E-state index contributed by atoms with van der Waals surface area (Å²) in [5, 5.41) is 0. The number of aliphatic imine (C=N–C) groups is 1. The Labute approximate surface area is 90.4 Å². The molecule has 0 spiro atoms.